The second-order valence-electron chi connectivity index (χ2n) is 3.43. The van der Waals surface area contributed by atoms with Crippen molar-refractivity contribution in [2.45, 2.75) is 0 Å². The van der Waals surface area contributed by atoms with E-state index in [9.17, 15) is 9.59 Å². The Kier molecular flexibility index (Phi) is 4.23. The fourth-order valence-corrected chi connectivity index (χ4v) is 2.43. The first-order chi connectivity index (χ1) is 9.02. The van der Waals surface area contributed by atoms with Gasteiger partial charge < -0.3 is 10.6 Å². The lowest BCUT2D eigenvalue weighted by molar-refractivity contribution is 0.0963. The van der Waals surface area contributed by atoms with Crippen molar-refractivity contribution in [3.63, 3.8) is 0 Å². The molecule has 0 bridgehead atoms. The number of rotatable bonds is 3. The maximum Gasteiger partial charge on any atom is 0.273 e. The van der Waals surface area contributed by atoms with Gasteiger partial charge in [-0.2, -0.15) is 0 Å². The van der Waals surface area contributed by atoms with Crippen LogP contribution in [0.1, 0.15) is 10.4 Å². The van der Waals surface area contributed by atoms with Crippen LogP contribution in [0.25, 0.3) is 0 Å². The average molecular weight is 364 g/mol. The highest BCUT2D eigenvalue weighted by Crippen LogP contribution is 2.27. The number of hydrogen-bond donors (Lipinski definition) is 3. The Hall–Kier alpha value is -1.38. The predicted octanol–water partition coefficient (Wildman–Crippen LogP) is 2.35. The second-order valence-corrected chi connectivity index (χ2v) is 5.50. The Labute approximate surface area is 125 Å². The molecular formula is C10H8BrClN4O2S. The summed E-state index contributed by atoms with van der Waals surface area (Å²) < 4.78 is 3.15. The number of nitrogens with zero attached hydrogens (tertiary/aromatic N) is 1. The van der Waals surface area contributed by atoms with Crippen molar-refractivity contribution in [2.24, 2.45) is 0 Å². The monoisotopic (exact) mass is 362 g/mol. The third kappa shape index (κ3) is 2.96. The van der Waals surface area contributed by atoms with Crippen LogP contribution in [0.2, 0.25) is 5.02 Å². The Balaban J connectivity index is 2.36. The zero-order chi connectivity index (χ0) is 14.0. The normalized spacial score (nSPS) is 10.3. The number of anilines is 2. The Morgan fingerprint density at radius 1 is 1.58 bits per heavy atom. The van der Waals surface area contributed by atoms with Gasteiger partial charge in [0.2, 0.25) is 0 Å². The number of carbonyl (C=O) groups excluding carboxylic acids is 1. The van der Waals surface area contributed by atoms with Crippen LogP contribution in [0.15, 0.2) is 21.5 Å². The number of aromatic nitrogens is 2. The van der Waals surface area contributed by atoms with Crippen LogP contribution in [0, 0.1) is 0 Å². The molecule has 0 fully saturated rings. The molecule has 2 aromatic rings. The topological polar surface area (TPSA) is 86.9 Å². The Morgan fingerprint density at radius 2 is 2.32 bits per heavy atom. The van der Waals surface area contributed by atoms with Gasteiger partial charge in [-0.3, -0.25) is 14.0 Å². The van der Waals surface area contributed by atoms with Crippen LogP contribution in [0.3, 0.4) is 0 Å². The molecule has 0 spiro atoms. The number of carbonyl (C=O) groups is 1. The van der Waals surface area contributed by atoms with Gasteiger partial charge in [0.25, 0.3) is 11.5 Å². The minimum absolute atomic E-state index is 0.0216. The first-order valence-electron chi connectivity index (χ1n) is 5.04. The molecule has 0 aliphatic rings. The number of nitrogens with one attached hydrogen (secondary N) is 3. The average Bonchev–Trinajstić information content (AvgIpc) is 2.74. The van der Waals surface area contributed by atoms with E-state index >= 15 is 0 Å². The summed E-state index contributed by atoms with van der Waals surface area (Å²) in [5.74, 6) is -0.0261. The lowest BCUT2D eigenvalue weighted by atomic mass is 10.3. The molecule has 9 heteroatoms. The number of H-pyrrole nitrogens is 1. The van der Waals surface area contributed by atoms with Crippen LogP contribution in [-0.2, 0) is 0 Å². The van der Waals surface area contributed by atoms with Gasteiger partial charge in [0, 0.05) is 19.3 Å². The van der Waals surface area contributed by atoms with Crippen molar-refractivity contribution in [3.05, 3.63) is 37.7 Å². The van der Waals surface area contributed by atoms with Gasteiger partial charge in [0.15, 0.2) is 0 Å². The van der Waals surface area contributed by atoms with E-state index in [4.69, 9.17) is 11.6 Å². The molecule has 100 valence electrons. The molecule has 2 aromatic heterocycles. The lowest BCUT2D eigenvalue weighted by Gasteiger charge is -2.05. The molecule has 19 heavy (non-hydrogen) atoms. The van der Waals surface area contributed by atoms with E-state index < -0.39 is 11.5 Å². The molecule has 0 aliphatic heterocycles. The molecule has 0 saturated heterocycles. The van der Waals surface area contributed by atoms with Crippen molar-refractivity contribution in [3.8, 4) is 0 Å². The van der Waals surface area contributed by atoms with Crippen LogP contribution >= 0.6 is 39.1 Å². The Morgan fingerprint density at radius 3 is 2.95 bits per heavy atom. The van der Waals surface area contributed by atoms with Gasteiger partial charge in [-0.15, -0.1) is 0 Å². The Bertz CT molecular complexity index is 684. The van der Waals surface area contributed by atoms with E-state index in [0.717, 1.165) is 11.5 Å². The third-order valence-electron chi connectivity index (χ3n) is 2.20. The van der Waals surface area contributed by atoms with Gasteiger partial charge in [0.1, 0.15) is 16.4 Å². The van der Waals surface area contributed by atoms with Crippen molar-refractivity contribution in [2.75, 3.05) is 12.4 Å². The van der Waals surface area contributed by atoms with Crippen LogP contribution in [0.4, 0.5) is 10.8 Å². The first-order valence-corrected chi connectivity index (χ1v) is 7.03. The SMILES string of the molecule is CNC(=O)c1c(Nc2cc(Cl)c(Br)cn2)s[nH]c1=O. The van der Waals surface area contributed by atoms with Crippen molar-refractivity contribution in [1.82, 2.24) is 14.7 Å². The number of halogens is 2. The molecule has 0 unspecified atom stereocenters. The minimum Gasteiger partial charge on any atom is -0.355 e. The van der Waals surface area contributed by atoms with E-state index in [1.165, 1.54) is 13.2 Å². The van der Waals surface area contributed by atoms with Crippen LogP contribution < -0.4 is 16.2 Å². The standard InChI is InChI=1S/C10H8BrClN4O2S/c1-13-8(17)7-9(18)16-19-10(7)15-6-2-5(12)4(11)3-14-6/h2-3H,1H3,(H,13,17)(H,14,15)(H,16,18). The molecule has 2 heterocycles. The van der Waals surface area contributed by atoms with Gasteiger partial charge >= 0.3 is 0 Å². The van der Waals surface area contributed by atoms with Crippen LogP contribution in [-0.4, -0.2) is 22.3 Å². The highest BCUT2D eigenvalue weighted by atomic mass is 79.9. The molecule has 6 nitrogen and oxygen atoms in total. The van der Waals surface area contributed by atoms with E-state index in [1.807, 2.05) is 0 Å². The highest BCUT2D eigenvalue weighted by molar-refractivity contribution is 9.10. The minimum atomic E-state index is -0.465. The van der Waals surface area contributed by atoms with Gasteiger partial charge in [-0.05, 0) is 27.5 Å². The van der Waals surface area contributed by atoms with Crippen molar-refractivity contribution in [1.29, 1.82) is 0 Å². The molecule has 0 aromatic carbocycles. The zero-order valence-corrected chi connectivity index (χ0v) is 12.7. The molecular weight excluding hydrogens is 356 g/mol. The van der Waals surface area contributed by atoms with E-state index in [-0.39, 0.29) is 5.56 Å². The summed E-state index contributed by atoms with van der Waals surface area (Å²) in [5.41, 5.74) is -0.427. The van der Waals surface area contributed by atoms with E-state index in [0.29, 0.717) is 20.3 Å². The van der Waals surface area contributed by atoms with E-state index in [1.54, 1.807) is 6.07 Å². The van der Waals surface area contributed by atoms with Crippen molar-refractivity contribution >= 4 is 55.8 Å². The van der Waals surface area contributed by atoms with E-state index in [2.05, 4.69) is 35.9 Å². The number of aromatic amines is 1. The lowest BCUT2D eigenvalue weighted by Crippen LogP contribution is -2.24. The second kappa shape index (κ2) is 5.72. The molecule has 0 atom stereocenters. The number of pyridine rings is 1. The maximum absolute atomic E-state index is 11.6. The maximum atomic E-state index is 11.6. The van der Waals surface area contributed by atoms with Gasteiger partial charge in [0.05, 0.1) is 9.50 Å². The summed E-state index contributed by atoms with van der Waals surface area (Å²) in [4.78, 5) is 27.2. The number of amides is 1. The summed E-state index contributed by atoms with van der Waals surface area (Å²) in [5, 5.41) is 6.15. The smallest absolute Gasteiger partial charge is 0.273 e. The summed E-state index contributed by atoms with van der Waals surface area (Å²) >= 11 is 10.2. The summed E-state index contributed by atoms with van der Waals surface area (Å²) in [7, 11) is 1.46. The number of hydrogen-bond acceptors (Lipinski definition) is 5. The molecule has 1 amide bonds. The quantitative estimate of drug-likeness (QED) is 0.781. The highest BCUT2D eigenvalue weighted by Gasteiger charge is 2.18. The summed E-state index contributed by atoms with van der Waals surface area (Å²) in [6.07, 6.45) is 1.53. The van der Waals surface area contributed by atoms with Crippen LogP contribution in [0.5, 0.6) is 0 Å². The fourth-order valence-electron chi connectivity index (χ4n) is 1.32. The summed E-state index contributed by atoms with van der Waals surface area (Å²) in [6.45, 7) is 0. The fraction of sp³-hybridized carbons (Fsp3) is 0.100. The van der Waals surface area contributed by atoms with Crippen molar-refractivity contribution < 1.29 is 4.79 Å². The zero-order valence-electron chi connectivity index (χ0n) is 9.58. The largest absolute Gasteiger partial charge is 0.355 e. The van der Waals surface area contributed by atoms with Gasteiger partial charge in [-0.25, -0.2) is 4.98 Å². The molecule has 3 N–H and O–H groups in total. The van der Waals surface area contributed by atoms with Gasteiger partial charge in [-0.1, -0.05) is 11.6 Å². The third-order valence-corrected chi connectivity index (χ3v) is 4.17. The molecule has 0 aliphatic carbocycles. The molecule has 2 rings (SSSR count). The summed E-state index contributed by atoms with van der Waals surface area (Å²) in [6, 6.07) is 1.59. The predicted molar refractivity (Wildman–Crippen MR) is 78.6 cm³/mol. The molecule has 0 radical (unpaired) electrons. The molecule has 0 saturated carbocycles. The first kappa shape index (κ1) is 14.0.